The summed E-state index contributed by atoms with van der Waals surface area (Å²) in [4.78, 5) is 9.37. The van der Waals surface area contributed by atoms with Crippen LogP contribution in [0.1, 0.15) is 0 Å². The van der Waals surface area contributed by atoms with Gasteiger partial charge in [0, 0.05) is 6.08 Å². The van der Waals surface area contributed by atoms with Crippen molar-refractivity contribution in [2.75, 3.05) is 0 Å². The zero-order valence-electron chi connectivity index (χ0n) is 5.39. The van der Waals surface area contributed by atoms with Crippen LogP contribution in [0.3, 0.4) is 0 Å². The summed E-state index contributed by atoms with van der Waals surface area (Å²) in [7, 11) is 0. The minimum Gasteiger partial charge on any atom is -0.358 e. The highest BCUT2D eigenvalue weighted by Gasteiger charge is 2.21. The molecule has 0 aromatic rings. The minimum atomic E-state index is -0.812. The molecule has 1 rings (SSSR count). The summed E-state index contributed by atoms with van der Waals surface area (Å²) in [6, 6.07) is -0.812. The van der Waals surface area contributed by atoms with Crippen LogP contribution in [0.25, 0.3) is 0 Å². The third-order valence-corrected chi connectivity index (χ3v) is 1.09. The van der Waals surface area contributed by atoms with E-state index >= 15 is 0 Å². The molecule has 0 fully saturated rings. The van der Waals surface area contributed by atoms with E-state index < -0.39 is 16.8 Å². The number of amidine groups is 1. The largest absolute Gasteiger partial charge is 0.388 e. The van der Waals surface area contributed by atoms with Crippen LogP contribution >= 0.6 is 0 Å². The van der Waals surface area contributed by atoms with E-state index in [4.69, 9.17) is 11.1 Å². The van der Waals surface area contributed by atoms with Crippen LogP contribution in [0.15, 0.2) is 22.1 Å². The van der Waals surface area contributed by atoms with Gasteiger partial charge in [0.25, 0.3) is 0 Å². The summed E-state index contributed by atoms with van der Waals surface area (Å²) in [5.41, 5.74) is 5.25. The molecule has 0 amide bonds. The second-order valence-electron chi connectivity index (χ2n) is 1.89. The van der Waals surface area contributed by atoms with E-state index in [1.165, 1.54) is 0 Å². The van der Waals surface area contributed by atoms with Gasteiger partial charge in [-0.3, -0.25) is 5.41 Å². The van der Waals surface area contributed by atoms with Crippen LogP contribution in [0, 0.1) is 15.5 Å². The lowest BCUT2D eigenvalue weighted by atomic mass is 10.2. The molecule has 0 spiro atoms. The Morgan fingerprint density at radius 3 is 2.82 bits per heavy atom. The molecule has 0 bridgehead atoms. The van der Waals surface area contributed by atoms with Crippen LogP contribution < -0.4 is 5.73 Å². The van der Waals surface area contributed by atoms with Gasteiger partial charge < -0.3 is 15.8 Å². The molecule has 1 heterocycles. The molecule has 1 atom stereocenters. The Bertz CT molecular complexity index is 268. The van der Waals surface area contributed by atoms with E-state index in [-0.39, 0.29) is 5.84 Å². The second kappa shape index (κ2) is 2.54. The van der Waals surface area contributed by atoms with E-state index in [0.717, 1.165) is 6.08 Å². The number of nitro groups is 1. The number of hydrogen-bond donors (Lipinski definition) is 2. The number of nitrogens with one attached hydrogen (secondary N) is 1. The molecule has 1 unspecified atom stereocenters. The van der Waals surface area contributed by atoms with Gasteiger partial charge in [-0.25, -0.2) is 0 Å². The van der Waals surface area contributed by atoms with Crippen LogP contribution in [-0.4, -0.2) is 16.8 Å². The number of nitrogens with two attached hydrogens (primary N) is 1. The first-order chi connectivity index (χ1) is 5.11. The van der Waals surface area contributed by atoms with Crippen LogP contribution in [-0.2, 0) is 0 Å². The molecule has 0 saturated carbocycles. The molecule has 0 aliphatic carbocycles. The SMILES string of the molecule is N=C1N=NC([N+](=O)[O-])=CC1N. The molecular formula is C4H5N5O2. The van der Waals surface area contributed by atoms with Gasteiger partial charge in [0.1, 0.15) is 0 Å². The number of azo groups is 1. The molecule has 58 valence electrons. The van der Waals surface area contributed by atoms with Crippen LogP contribution in [0.5, 0.6) is 0 Å². The Morgan fingerprint density at radius 2 is 2.36 bits per heavy atom. The van der Waals surface area contributed by atoms with E-state index in [2.05, 4.69) is 10.2 Å². The highest BCUT2D eigenvalue weighted by molar-refractivity contribution is 5.87. The van der Waals surface area contributed by atoms with Gasteiger partial charge in [0.2, 0.25) is 0 Å². The van der Waals surface area contributed by atoms with Crippen molar-refractivity contribution in [3.63, 3.8) is 0 Å². The average Bonchev–Trinajstić information content (AvgIpc) is 1.94. The molecule has 0 aromatic carbocycles. The maximum atomic E-state index is 10.1. The Morgan fingerprint density at radius 1 is 1.73 bits per heavy atom. The Balaban J connectivity index is 2.88. The summed E-state index contributed by atoms with van der Waals surface area (Å²) in [6.45, 7) is 0. The van der Waals surface area contributed by atoms with E-state index in [1.54, 1.807) is 0 Å². The molecule has 0 radical (unpaired) electrons. The van der Waals surface area contributed by atoms with Gasteiger partial charge in [0.15, 0.2) is 5.84 Å². The lowest BCUT2D eigenvalue weighted by Gasteiger charge is -2.03. The van der Waals surface area contributed by atoms with Gasteiger partial charge >= 0.3 is 5.82 Å². The Labute approximate surface area is 61.3 Å². The first kappa shape index (κ1) is 7.48. The lowest BCUT2D eigenvalue weighted by molar-refractivity contribution is -0.427. The van der Waals surface area contributed by atoms with Crippen molar-refractivity contribution in [2.45, 2.75) is 6.04 Å². The summed E-state index contributed by atoms with van der Waals surface area (Å²) in [5.74, 6) is -0.580. The highest BCUT2D eigenvalue weighted by atomic mass is 16.6. The van der Waals surface area contributed by atoms with Crippen molar-refractivity contribution in [3.05, 3.63) is 22.0 Å². The first-order valence-corrected chi connectivity index (χ1v) is 2.73. The monoisotopic (exact) mass is 155 g/mol. The van der Waals surface area contributed by atoms with Gasteiger partial charge in [-0.05, 0) is 10.0 Å². The zero-order valence-corrected chi connectivity index (χ0v) is 5.39. The molecule has 3 N–H and O–H groups in total. The number of nitrogens with zero attached hydrogens (tertiary/aromatic N) is 3. The summed E-state index contributed by atoms with van der Waals surface area (Å²) in [5, 5.41) is 23.4. The summed E-state index contributed by atoms with van der Waals surface area (Å²) < 4.78 is 0. The van der Waals surface area contributed by atoms with Crippen molar-refractivity contribution in [1.29, 1.82) is 5.41 Å². The van der Waals surface area contributed by atoms with Crippen molar-refractivity contribution in [1.82, 2.24) is 0 Å². The molecule has 7 nitrogen and oxygen atoms in total. The maximum absolute atomic E-state index is 10.1. The predicted molar refractivity (Wildman–Crippen MR) is 35.6 cm³/mol. The minimum absolute atomic E-state index is 0.171. The molecule has 0 saturated heterocycles. The average molecular weight is 155 g/mol. The van der Waals surface area contributed by atoms with Crippen molar-refractivity contribution < 1.29 is 4.92 Å². The summed E-state index contributed by atoms with van der Waals surface area (Å²) >= 11 is 0. The van der Waals surface area contributed by atoms with Crippen molar-refractivity contribution in [2.24, 2.45) is 16.0 Å². The highest BCUT2D eigenvalue weighted by Crippen LogP contribution is 2.07. The second-order valence-corrected chi connectivity index (χ2v) is 1.89. The fourth-order valence-corrected chi connectivity index (χ4v) is 0.542. The number of hydrogen-bond acceptors (Lipinski definition) is 5. The molecular weight excluding hydrogens is 150 g/mol. The Kier molecular flexibility index (Phi) is 1.73. The normalized spacial score (nSPS) is 23.2. The predicted octanol–water partition coefficient (Wildman–Crippen LogP) is -0.125. The molecule has 11 heavy (non-hydrogen) atoms. The van der Waals surface area contributed by atoms with E-state index in [9.17, 15) is 10.1 Å². The standard InChI is InChI=1S/C4H5N5O2/c5-2-1-3(9(10)11)7-8-4(2)6/h1-2,6H,5H2. The third-order valence-electron chi connectivity index (χ3n) is 1.09. The zero-order chi connectivity index (χ0) is 8.43. The van der Waals surface area contributed by atoms with E-state index in [0.29, 0.717) is 0 Å². The van der Waals surface area contributed by atoms with E-state index in [1.807, 2.05) is 0 Å². The molecule has 7 heteroatoms. The quantitative estimate of drug-likeness (QED) is 0.405. The first-order valence-electron chi connectivity index (χ1n) is 2.73. The van der Waals surface area contributed by atoms with Gasteiger partial charge in [-0.2, -0.15) is 0 Å². The molecule has 1 aliphatic rings. The van der Waals surface area contributed by atoms with Crippen LogP contribution in [0.4, 0.5) is 0 Å². The fourth-order valence-electron chi connectivity index (χ4n) is 0.542. The topological polar surface area (TPSA) is 118 Å². The molecule has 0 aromatic heterocycles. The Hall–Kier alpha value is -1.63. The maximum Gasteiger partial charge on any atom is 0.388 e. The lowest BCUT2D eigenvalue weighted by Crippen LogP contribution is -2.28. The number of rotatable bonds is 1. The van der Waals surface area contributed by atoms with Gasteiger partial charge in [0.05, 0.1) is 11.2 Å². The smallest absolute Gasteiger partial charge is 0.358 e. The molecule has 1 aliphatic heterocycles. The van der Waals surface area contributed by atoms with Crippen molar-refractivity contribution in [3.8, 4) is 0 Å². The fraction of sp³-hybridized carbons (Fsp3) is 0.250. The third kappa shape index (κ3) is 1.44. The summed E-state index contributed by atoms with van der Waals surface area (Å²) in [6.07, 6.45) is 1.08. The van der Waals surface area contributed by atoms with Crippen molar-refractivity contribution >= 4 is 5.84 Å². The van der Waals surface area contributed by atoms with Gasteiger partial charge in [-0.1, -0.05) is 0 Å². The van der Waals surface area contributed by atoms with Crippen LogP contribution in [0.2, 0.25) is 0 Å². The van der Waals surface area contributed by atoms with Gasteiger partial charge in [-0.15, -0.1) is 0 Å².